The number of halogens is 1. The fourth-order valence-corrected chi connectivity index (χ4v) is 3.75. The molecule has 1 aliphatic carbocycles. The van der Waals surface area contributed by atoms with Gasteiger partial charge in [0.05, 0.1) is 6.10 Å². The van der Waals surface area contributed by atoms with Gasteiger partial charge in [-0.2, -0.15) is 0 Å². The van der Waals surface area contributed by atoms with Gasteiger partial charge in [0.1, 0.15) is 0 Å². The monoisotopic (exact) mass is 365 g/mol. The molecule has 1 atom stereocenters. The maximum absolute atomic E-state index is 10.4. The molecule has 4 heteroatoms. The normalized spacial score (nSPS) is 16.3. The summed E-state index contributed by atoms with van der Waals surface area (Å²) in [6.07, 6.45) is 3.02. The summed E-state index contributed by atoms with van der Waals surface area (Å²) < 4.78 is 1.02. The van der Waals surface area contributed by atoms with Gasteiger partial charge in [0.25, 0.3) is 0 Å². The van der Waals surface area contributed by atoms with Crippen molar-refractivity contribution in [1.29, 1.82) is 0 Å². The summed E-state index contributed by atoms with van der Waals surface area (Å²) >= 11 is 5.28. The van der Waals surface area contributed by atoms with Crippen LogP contribution in [0.1, 0.15) is 35.8 Å². The van der Waals surface area contributed by atoms with Crippen molar-refractivity contribution in [3.63, 3.8) is 0 Å². The van der Waals surface area contributed by atoms with Crippen molar-refractivity contribution < 1.29 is 5.11 Å². The van der Waals surface area contributed by atoms with E-state index in [0.717, 1.165) is 35.6 Å². The zero-order chi connectivity index (χ0) is 14.7. The molecule has 1 saturated carbocycles. The molecule has 1 N–H and O–H groups in total. The summed E-state index contributed by atoms with van der Waals surface area (Å²) in [5.74, 6) is 0. The molecule has 3 rings (SSSR count). The number of thiophene rings is 1. The van der Waals surface area contributed by atoms with Gasteiger partial charge in [0.2, 0.25) is 0 Å². The van der Waals surface area contributed by atoms with Gasteiger partial charge in [0, 0.05) is 28.5 Å². The Hall–Kier alpha value is -0.680. The number of hydrogen-bond donors (Lipinski definition) is 1. The molecule has 1 unspecified atom stereocenters. The molecule has 1 aromatic heterocycles. The van der Waals surface area contributed by atoms with Crippen LogP contribution in [0.25, 0.3) is 0 Å². The molecule has 21 heavy (non-hydrogen) atoms. The number of aliphatic hydroxyl groups excluding tert-OH is 1. The van der Waals surface area contributed by atoms with Crippen LogP contribution in [0.5, 0.6) is 0 Å². The van der Waals surface area contributed by atoms with Crippen molar-refractivity contribution in [2.75, 3.05) is 6.54 Å². The van der Waals surface area contributed by atoms with Crippen LogP contribution in [0.3, 0.4) is 0 Å². The van der Waals surface area contributed by atoms with Crippen LogP contribution in [0, 0.1) is 0 Å². The standard InChI is InChI=1S/C17H20BrNOS/c18-14-4-1-3-13(11-14)17(20)8-9-19(15-6-7-15)12-16-5-2-10-21-16/h1-5,10-11,15,17,20H,6-9,12H2. The zero-order valence-corrected chi connectivity index (χ0v) is 14.3. The van der Waals surface area contributed by atoms with Gasteiger partial charge >= 0.3 is 0 Å². The van der Waals surface area contributed by atoms with Crippen LogP contribution < -0.4 is 0 Å². The lowest BCUT2D eigenvalue weighted by Crippen LogP contribution is -2.27. The molecular formula is C17H20BrNOS. The van der Waals surface area contributed by atoms with Crippen molar-refractivity contribution in [2.45, 2.75) is 38.0 Å². The average Bonchev–Trinajstić information content (AvgIpc) is 3.20. The summed E-state index contributed by atoms with van der Waals surface area (Å²) in [6.45, 7) is 1.98. The predicted octanol–water partition coefficient (Wildman–Crippen LogP) is 4.60. The molecule has 1 heterocycles. The molecule has 0 spiro atoms. The second-order valence-corrected chi connectivity index (χ2v) is 7.59. The minimum atomic E-state index is -0.382. The smallest absolute Gasteiger partial charge is 0.0802 e. The molecule has 0 amide bonds. The summed E-state index contributed by atoms with van der Waals surface area (Å²) in [7, 11) is 0. The Labute approximate surface area is 138 Å². The van der Waals surface area contributed by atoms with E-state index < -0.39 is 0 Å². The van der Waals surface area contributed by atoms with Crippen molar-refractivity contribution >= 4 is 27.3 Å². The molecule has 0 radical (unpaired) electrons. The number of hydrogen-bond acceptors (Lipinski definition) is 3. The molecule has 112 valence electrons. The van der Waals surface area contributed by atoms with Gasteiger partial charge in [0.15, 0.2) is 0 Å². The van der Waals surface area contributed by atoms with Crippen molar-refractivity contribution in [1.82, 2.24) is 4.90 Å². The maximum Gasteiger partial charge on any atom is 0.0802 e. The first-order valence-corrected chi connectivity index (χ1v) is 9.09. The molecule has 1 aliphatic rings. The van der Waals surface area contributed by atoms with Gasteiger partial charge in [-0.3, -0.25) is 4.90 Å². The fourth-order valence-electron chi connectivity index (χ4n) is 2.60. The van der Waals surface area contributed by atoms with Gasteiger partial charge in [-0.25, -0.2) is 0 Å². The summed E-state index contributed by atoms with van der Waals surface area (Å²) in [4.78, 5) is 3.94. The average molecular weight is 366 g/mol. The Balaban J connectivity index is 1.56. The van der Waals surface area contributed by atoms with E-state index in [9.17, 15) is 5.11 Å². The Bertz CT molecular complexity index is 568. The Kier molecular flexibility index (Phi) is 5.11. The van der Waals surface area contributed by atoms with Crippen LogP contribution in [0.4, 0.5) is 0 Å². The lowest BCUT2D eigenvalue weighted by molar-refractivity contribution is 0.137. The van der Waals surface area contributed by atoms with E-state index in [-0.39, 0.29) is 6.10 Å². The van der Waals surface area contributed by atoms with Crippen molar-refractivity contribution in [3.8, 4) is 0 Å². The third-order valence-corrected chi connectivity index (χ3v) is 5.28. The lowest BCUT2D eigenvalue weighted by Gasteiger charge is -2.23. The Morgan fingerprint density at radius 3 is 2.81 bits per heavy atom. The van der Waals surface area contributed by atoms with E-state index in [1.54, 1.807) is 0 Å². The first kappa shape index (κ1) is 15.2. The predicted molar refractivity (Wildman–Crippen MR) is 91.5 cm³/mol. The highest BCUT2D eigenvalue weighted by atomic mass is 79.9. The minimum absolute atomic E-state index is 0.382. The summed E-state index contributed by atoms with van der Waals surface area (Å²) in [6, 6.07) is 13.0. The zero-order valence-electron chi connectivity index (χ0n) is 11.9. The van der Waals surface area contributed by atoms with Crippen LogP contribution in [0.15, 0.2) is 46.3 Å². The number of nitrogens with zero attached hydrogens (tertiary/aromatic N) is 1. The van der Waals surface area contributed by atoms with E-state index in [2.05, 4.69) is 38.3 Å². The quantitative estimate of drug-likeness (QED) is 0.774. The van der Waals surface area contributed by atoms with E-state index >= 15 is 0 Å². The van der Waals surface area contributed by atoms with Gasteiger partial charge in [-0.15, -0.1) is 11.3 Å². The topological polar surface area (TPSA) is 23.5 Å². The number of benzene rings is 1. The first-order chi connectivity index (χ1) is 10.2. The second-order valence-electron chi connectivity index (χ2n) is 5.64. The van der Waals surface area contributed by atoms with Crippen molar-refractivity contribution in [2.24, 2.45) is 0 Å². The maximum atomic E-state index is 10.4. The molecule has 0 bridgehead atoms. The van der Waals surface area contributed by atoms with Crippen molar-refractivity contribution in [3.05, 3.63) is 56.7 Å². The molecule has 2 aromatic rings. The Morgan fingerprint density at radius 1 is 1.29 bits per heavy atom. The molecule has 1 fully saturated rings. The molecule has 2 nitrogen and oxygen atoms in total. The van der Waals surface area contributed by atoms with Crippen LogP contribution >= 0.6 is 27.3 Å². The highest BCUT2D eigenvalue weighted by molar-refractivity contribution is 9.10. The highest BCUT2D eigenvalue weighted by Crippen LogP contribution is 2.30. The van der Waals surface area contributed by atoms with E-state index in [0.29, 0.717) is 0 Å². The van der Waals surface area contributed by atoms with Crippen LogP contribution in [0.2, 0.25) is 0 Å². The van der Waals surface area contributed by atoms with Crippen LogP contribution in [-0.4, -0.2) is 22.6 Å². The number of rotatable bonds is 7. The molecular weight excluding hydrogens is 346 g/mol. The fraction of sp³-hybridized carbons (Fsp3) is 0.412. The number of aliphatic hydroxyl groups is 1. The third-order valence-electron chi connectivity index (χ3n) is 3.93. The van der Waals surface area contributed by atoms with Gasteiger partial charge in [-0.05, 0) is 48.4 Å². The highest BCUT2D eigenvalue weighted by Gasteiger charge is 2.29. The Morgan fingerprint density at radius 2 is 2.14 bits per heavy atom. The summed E-state index contributed by atoms with van der Waals surface area (Å²) in [5.41, 5.74) is 0.997. The molecule has 0 aliphatic heterocycles. The van der Waals surface area contributed by atoms with Crippen LogP contribution in [-0.2, 0) is 6.54 Å². The largest absolute Gasteiger partial charge is 0.388 e. The third kappa shape index (κ3) is 4.39. The SMILES string of the molecule is OC(CCN(Cc1cccs1)C1CC1)c1cccc(Br)c1. The lowest BCUT2D eigenvalue weighted by atomic mass is 10.1. The molecule has 0 saturated heterocycles. The second kappa shape index (κ2) is 7.05. The van der Waals surface area contributed by atoms with E-state index in [1.807, 2.05) is 35.6 Å². The minimum Gasteiger partial charge on any atom is -0.388 e. The first-order valence-electron chi connectivity index (χ1n) is 7.42. The van der Waals surface area contributed by atoms with Gasteiger partial charge in [-0.1, -0.05) is 34.1 Å². The van der Waals surface area contributed by atoms with E-state index in [1.165, 1.54) is 17.7 Å². The van der Waals surface area contributed by atoms with E-state index in [4.69, 9.17) is 0 Å². The summed E-state index contributed by atoms with van der Waals surface area (Å²) in [5, 5.41) is 12.5. The molecule has 1 aromatic carbocycles. The van der Waals surface area contributed by atoms with Gasteiger partial charge < -0.3 is 5.11 Å².